The zero-order valence-corrected chi connectivity index (χ0v) is 18.3. The van der Waals surface area contributed by atoms with Gasteiger partial charge in [-0.1, -0.05) is 20.4 Å². The van der Waals surface area contributed by atoms with Crippen molar-refractivity contribution < 1.29 is 0 Å². The molecule has 2 rings (SSSR count). The normalized spacial score (nSPS) is 11.5. The van der Waals surface area contributed by atoms with Gasteiger partial charge in [0.05, 0.1) is 22.9 Å². The average Bonchev–Trinajstić information content (AvgIpc) is 2.78. The Kier molecular flexibility index (Phi) is 8.32. The van der Waals surface area contributed by atoms with Crippen LogP contribution in [0, 0.1) is 22.7 Å². The number of nitrogen functional groups attached to an aromatic ring is 2. The fourth-order valence-electron chi connectivity index (χ4n) is 3.08. The molecule has 0 atom stereocenters. The van der Waals surface area contributed by atoms with E-state index in [1.807, 2.05) is 4.90 Å². The zero-order valence-electron chi connectivity index (χ0n) is 18.3. The third-order valence-corrected chi connectivity index (χ3v) is 4.57. The van der Waals surface area contributed by atoms with Crippen LogP contribution in [0.5, 0.6) is 0 Å². The molecule has 0 aliphatic carbocycles. The maximum Gasteiger partial charge on any atom is 0.196 e. The van der Waals surface area contributed by atoms with Gasteiger partial charge in [-0.05, 0) is 36.6 Å². The van der Waals surface area contributed by atoms with Crippen molar-refractivity contribution >= 4 is 28.9 Å². The van der Waals surface area contributed by atoms with Crippen LogP contribution in [-0.2, 0) is 0 Å². The van der Waals surface area contributed by atoms with E-state index in [0.29, 0.717) is 39.5 Å². The molecule has 0 radical (unpaired) electrons. The van der Waals surface area contributed by atoms with Crippen LogP contribution in [0.2, 0.25) is 0 Å². The SMILES string of the molecule is C=C(/C=C(\N=C(/N)N(CCC)CCC)c1cnc(N)cc1C#N)c1cnc(N)cc1C#N. The van der Waals surface area contributed by atoms with Gasteiger partial charge >= 0.3 is 0 Å². The number of allylic oxidation sites excluding steroid dienone is 2. The number of rotatable bonds is 8. The summed E-state index contributed by atoms with van der Waals surface area (Å²) >= 11 is 0. The number of aliphatic imine (C=N–C) groups is 1. The Labute approximate surface area is 188 Å². The number of hydrogen-bond acceptors (Lipinski definition) is 7. The second-order valence-corrected chi connectivity index (χ2v) is 7.04. The largest absolute Gasteiger partial charge is 0.384 e. The van der Waals surface area contributed by atoms with Crippen LogP contribution in [0.4, 0.5) is 11.6 Å². The van der Waals surface area contributed by atoms with E-state index in [0.717, 1.165) is 25.9 Å². The lowest BCUT2D eigenvalue weighted by atomic mass is 10.0. The average molecular weight is 430 g/mol. The molecule has 0 saturated heterocycles. The van der Waals surface area contributed by atoms with Gasteiger partial charge in [0, 0.05) is 36.6 Å². The summed E-state index contributed by atoms with van der Waals surface area (Å²) in [5.74, 6) is 0.756. The number of nitrogens with zero attached hydrogens (tertiary/aromatic N) is 6. The van der Waals surface area contributed by atoms with Crippen molar-refractivity contribution in [3.8, 4) is 12.1 Å². The minimum Gasteiger partial charge on any atom is -0.384 e. The van der Waals surface area contributed by atoms with Crippen molar-refractivity contribution in [1.29, 1.82) is 10.5 Å². The summed E-state index contributed by atoms with van der Waals surface area (Å²) in [6, 6.07) is 7.15. The standard InChI is InChI=1S/C23H27N9/c1-4-6-32(7-5-2)23(28)31-20(19-14-30-22(27)10-17(19)12-25)8-15(3)18-13-29-21(26)9-16(18)11-24/h8-10,13-14H,3-7H2,1-2H3,(H2,26,29)(H2,27,30)(H2,28,31)/b20-8-. The smallest absolute Gasteiger partial charge is 0.196 e. The molecule has 0 spiro atoms. The van der Waals surface area contributed by atoms with Crippen LogP contribution < -0.4 is 17.2 Å². The number of anilines is 2. The van der Waals surface area contributed by atoms with Gasteiger partial charge in [0.2, 0.25) is 0 Å². The Morgan fingerprint density at radius 2 is 1.53 bits per heavy atom. The fraction of sp³-hybridized carbons (Fsp3) is 0.261. The van der Waals surface area contributed by atoms with Crippen molar-refractivity contribution in [2.75, 3.05) is 24.6 Å². The Morgan fingerprint density at radius 1 is 1.03 bits per heavy atom. The maximum atomic E-state index is 9.63. The molecule has 32 heavy (non-hydrogen) atoms. The van der Waals surface area contributed by atoms with Gasteiger partial charge < -0.3 is 22.1 Å². The molecule has 0 amide bonds. The van der Waals surface area contributed by atoms with E-state index >= 15 is 0 Å². The lowest BCUT2D eigenvalue weighted by Crippen LogP contribution is -2.38. The highest BCUT2D eigenvalue weighted by atomic mass is 15.2. The van der Waals surface area contributed by atoms with Gasteiger partial charge in [-0.3, -0.25) is 0 Å². The quantitative estimate of drug-likeness (QED) is 0.327. The van der Waals surface area contributed by atoms with Crippen LogP contribution in [0.1, 0.15) is 48.9 Å². The van der Waals surface area contributed by atoms with Crippen LogP contribution >= 0.6 is 0 Å². The molecular weight excluding hydrogens is 402 g/mol. The second kappa shape index (κ2) is 11.1. The first kappa shape index (κ1) is 23.9. The van der Waals surface area contributed by atoms with Crippen molar-refractivity contribution in [1.82, 2.24) is 14.9 Å². The third-order valence-electron chi connectivity index (χ3n) is 4.57. The molecule has 0 saturated carbocycles. The number of aromatic nitrogens is 2. The molecule has 9 nitrogen and oxygen atoms in total. The van der Waals surface area contributed by atoms with E-state index in [-0.39, 0.29) is 11.6 Å². The highest BCUT2D eigenvalue weighted by Crippen LogP contribution is 2.27. The number of hydrogen-bond donors (Lipinski definition) is 3. The number of guanidine groups is 1. The zero-order chi connectivity index (χ0) is 23.7. The van der Waals surface area contributed by atoms with Crippen molar-refractivity contribution in [3.63, 3.8) is 0 Å². The fourth-order valence-corrected chi connectivity index (χ4v) is 3.08. The summed E-state index contributed by atoms with van der Waals surface area (Å²) in [5, 5.41) is 19.1. The monoisotopic (exact) mass is 429 g/mol. The van der Waals surface area contributed by atoms with Crippen LogP contribution in [-0.4, -0.2) is 33.9 Å². The predicted octanol–water partition coefficient (Wildman–Crippen LogP) is 2.88. The Hall–Kier alpha value is -4.37. The topological polar surface area (TPSA) is 167 Å². The number of nitrogens with two attached hydrogens (primary N) is 3. The van der Waals surface area contributed by atoms with Gasteiger partial charge in [0.15, 0.2) is 5.96 Å². The van der Waals surface area contributed by atoms with Crippen molar-refractivity contribution in [2.24, 2.45) is 10.7 Å². The summed E-state index contributed by atoms with van der Waals surface area (Å²) in [6.07, 6.45) is 6.39. The van der Waals surface area contributed by atoms with E-state index in [2.05, 4.69) is 47.5 Å². The molecule has 6 N–H and O–H groups in total. The second-order valence-electron chi connectivity index (χ2n) is 7.04. The molecule has 0 bridgehead atoms. The van der Waals surface area contributed by atoms with Gasteiger partial charge in [-0.25, -0.2) is 15.0 Å². The minimum atomic E-state index is 0.216. The van der Waals surface area contributed by atoms with E-state index in [1.54, 1.807) is 6.08 Å². The molecule has 9 heteroatoms. The summed E-state index contributed by atoms with van der Waals surface area (Å²) in [6.45, 7) is 9.66. The predicted molar refractivity (Wildman–Crippen MR) is 128 cm³/mol. The van der Waals surface area contributed by atoms with E-state index in [4.69, 9.17) is 17.2 Å². The lowest BCUT2D eigenvalue weighted by Gasteiger charge is -2.22. The summed E-state index contributed by atoms with van der Waals surface area (Å²) in [4.78, 5) is 14.8. The third kappa shape index (κ3) is 5.83. The first-order chi connectivity index (χ1) is 15.3. The van der Waals surface area contributed by atoms with E-state index in [9.17, 15) is 10.5 Å². The minimum absolute atomic E-state index is 0.216. The Balaban J connectivity index is 2.66. The van der Waals surface area contributed by atoms with Gasteiger partial charge in [0.1, 0.15) is 17.7 Å². The molecule has 164 valence electrons. The maximum absolute atomic E-state index is 9.63. The molecule has 0 fully saturated rings. The summed E-state index contributed by atoms with van der Waals surface area (Å²) < 4.78 is 0. The molecule has 0 aliphatic rings. The lowest BCUT2D eigenvalue weighted by molar-refractivity contribution is 0.413. The van der Waals surface area contributed by atoms with Gasteiger partial charge in [-0.2, -0.15) is 10.5 Å². The number of pyridine rings is 2. The van der Waals surface area contributed by atoms with E-state index in [1.165, 1.54) is 24.5 Å². The highest BCUT2D eigenvalue weighted by Gasteiger charge is 2.14. The van der Waals surface area contributed by atoms with E-state index < -0.39 is 0 Å². The summed E-state index contributed by atoms with van der Waals surface area (Å²) in [5.41, 5.74) is 20.2. The van der Waals surface area contributed by atoms with Crippen LogP contribution in [0.3, 0.4) is 0 Å². The first-order valence-corrected chi connectivity index (χ1v) is 10.2. The first-order valence-electron chi connectivity index (χ1n) is 10.2. The summed E-state index contributed by atoms with van der Waals surface area (Å²) in [7, 11) is 0. The molecule has 0 aliphatic heterocycles. The van der Waals surface area contributed by atoms with Crippen LogP contribution in [0.15, 0.2) is 42.2 Å². The van der Waals surface area contributed by atoms with Crippen molar-refractivity contribution in [2.45, 2.75) is 26.7 Å². The molecule has 2 aromatic rings. The number of nitriles is 2. The van der Waals surface area contributed by atoms with Gasteiger partial charge in [-0.15, -0.1) is 0 Å². The Morgan fingerprint density at radius 3 is 2.03 bits per heavy atom. The molecule has 2 heterocycles. The van der Waals surface area contributed by atoms with Crippen molar-refractivity contribution in [3.05, 3.63) is 59.4 Å². The van der Waals surface area contributed by atoms with Crippen LogP contribution in [0.25, 0.3) is 11.3 Å². The molecule has 0 unspecified atom stereocenters. The molecule has 2 aromatic heterocycles. The van der Waals surface area contributed by atoms with Gasteiger partial charge in [0.25, 0.3) is 0 Å². The highest BCUT2D eigenvalue weighted by molar-refractivity contribution is 5.91. The molecule has 0 aromatic carbocycles. The Bertz CT molecular complexity index is 1130. The molecular formula is C23H27N9.